The van der Waals surface area contributed by atoms with Gasteiger partial charge in [0.05, 0.1) is 31.3 Å². The third-order valence-electron chi connectivity index (χ3n) is 6.35. The summed E-state index contributed by atoms with van der Waals surface area (Å²) in [5.74, 6) is 1.09. The number of fused-ring (bicyclic) bond motifs is 2. The second kappa shape index (κ2) is 15.6. The number of carboxylic acid groups (broad SMARTS) is 1. The molecule has 4 aliphatic heterocycles. The van der Waals surface area contributed by atoms with Gasteiger partial charge in [0.25, 0.3) is 0 Å². The highest BCUT2D eigenvalue weighted by Crippen LogP contribution is 2.34. The SMILES string of the molecule is C.COC(=O)CCCC[C@@H]1SC[C@@H]2NC(=O)N[C@@H]21.Cl.O=C(O)CCCC[C@@H]1SC[C@@H]2NC(=O)N[C@@H]21. The summed E-state index contributed by atoms with van der Waals surface area (Å²) < 4.78 is 4.59. The molecule has 6 atom stereocenters. The van der Waals surface area contributed by atoms with Crippen LogP contribution in [0.1, 0.15) is 58.8 Å². The molecule has 0 spiro atoms. The zero-order chi connectivity index (χ0) is 23.8. The standard InChI is InChI=1S/C11H18N2O3S.C10H16N2O3S.CH4.ClH/c1-16-9(14)5-3-2-4-8-10-7(6-17-8)12-11(15)13-10;13-8(14)4-2-1-3-7-9-6(5-16-7)11-10(15)12-9;;/h7-8,10H,2-6H2,1H3,(H2,12,13,15);6-7,9H,1-5H2,(H,13,14)(H2,11,12,15);1H4;1H/t7-,8-,10-;6-,7-,9-;;/m00../s1. The van der Waals surface area contributed by atoms with E-state index in [0.717, 1.165) is 50.0 Å². The largest absolute Gasteiger partial charge is 0.481 e. The van der Waals surface area contributed by atoms with Gasteiger partial charge in [-0.25, -0.2) is 9.59 Å². The molecular formula is C22H39ClN4O6S2. The Bertz CT molecular complexity index is 734. The van der Waals surface area contributed by atoms with Crippen molar-refractivity contribution in [2.24, 2.45) is 0 Å². The fourth-order valence-corrected chi connectivity index (χ4v) is 7.71. The number of hydrogen-bond donors (Lipinski definition) is 5. The quantitative estimate of drug-likeness (QED) is 0.157. The number of ether oxygens (including phenoxy) is 1. The predicted octanol–water partition coefficient (Wildman–Crippen LogP) is 2.74. The molecule has 0 saturated carbocycles. The lowest BCUT2D eigenvalue weighted by Gasteiger charge is -2.16. The highest BCUT2D eigenvalue weighted by Gasteiger charge is 2.43. The zero-order valence-corrected chi connectivity index (χ0v) is 21.7. The Morgan fingerprint density at radius 3 is 1.74 bits per heavy atom. The van der Waals surface area contributed by atoms with Crippen LogP contribution in [0.3, 0.4) is 0 Å². The lowest BCUT2D eigenvalue weighted by atomic mass is 10.0. The van der Waals surface area contributed by atoms with Gasteiger partial charge in [-0.15, -0.1) is 12.4 Å². The van der Waals surface area contributed by atoms with E-state index >= 15 is 0 Å². The topological polar surface area (TPSA) is 146 Å². The molecule has 4 heterocycles. The van der Waals surface area contributed by atoms with E-state index in [4.69, 9.17) is 5.11 Å². The summed E-state index contributed by atoms with van der Waals surface area (Å²) in [5, 5.41) is 21.1. The maximum atomic E-state index is 11.2. The normalized spacial score (nSPS) is 29.5. The Morgan fingerprint density at radius 2 is 1.31 bits per heavy atom. The van der Waals surface area contributed by atoms with Crippen LogP contribution in [-0.2, 0) is 14.3 Å². The molecule has 5 N–H and O–H groups in total. The van der Waals surface area contributed by atoms with Crippen LogP contribution in [0.5, 0.6) is 0 Å². The molecule has 13 heteroatoms. The van der Waals surface area contributed by atoms with E-state index in [1.165, 1.54) is 7.11 Å². The van der Waals surface area contributed by atoms with Crippen molar-refractivity contribution in [1.82, 2.24) is 21.3 Å². The third kappa shape index (κ3) is 9.45. The summed E-state index contributed by atoms with van der Waals surface area (Å²) in [4.78, 5) is 43.6. The van der Waals surface area contributed by atoms with Crippen LogP contribution in [0.4, 0.5) is 9.59 Å². The van der Waals surface area contributed by atoms with Crippen LogP contribution in [0, 0.1) is 0 Å². The maximum Gasteiger partial charge on any atom is 0.315 e. The Balaban J connectivity index is 0.000000332. The minimum absolute atomic E-state index is 0. The van der Waals surface area contributed by atoms with Crippen molar-refractivity contribution in [3.05, 3.63) is 0 Å². The van der Waals surface area contributed by atoms with Gasteiger partial charge in [-0.2, -0.15) is 23.5 Å². The number of urea groups is 2. The number of halogens is 1. The number of unbranched alkanes of at least 4 members (excludes halogenated alkanes) is 2. The Morgan fingerprint density at radius 1 is 0.857 bits per heavy atom. The highest BCUT2D eigenvalue weighted by atomic mass is 35.5. The van der Waals surface area contributed by atoms with E-state index < -0.39 is 5.97 Å². The van der Waals surface area contributed by atoms with Crippen molar-refractivity contribution in [2.45, 2.75) is 93.5 Å². The first-order chi connectivity index (χ1) is 15.9. The summed E-state index contributed by atoms with van der Waals surface area (Å²) in [5.41, 5.74) is 0. The van der Waals surface area contributed by atoms with Gasteiger partial charge in [0.2, 0.25) is 0 Å². The smallest absolute Gasteiger partial charge is 0.315 e. The monoisotopic (exact) mass is 554 g/mol. The van der Waals surface area contributed by atoms with Crippen LogP contribution in [0.25, 0.3) is 0 Å². The molecule has 4 amide bonds. The first-order valence-electron chi connectivity index (χ1n) is 11.5. The molecule has 35 heavy (non-hydrogen) atoms. The number of aliphatic carboxylic acids is 1. The van der Waals surface area contributed by atoms with E-state index in [0.29, 0.717) is 16.9 Å². The fourth-order valence-electron chi connectivity index (χ4n) is 4.62. The summed E-state index contributed by atoms with van der Waals surface area (Å²) in [7, 11) is 1.42. The van der Waals surface area contributed by atoms with Crippen molar-refractivity contribution in [1.29, 1.82) is 0 Å². The Kier molecular flexibility index (Phi) is 14.0. The molecule has 0 aromatic heterocycles. The average molecular weight is 555 g/mol. The molecule has 0 aliphatic carbocycles. The summed E-state index contributed by atoms with van der Waals surface area (Å²) in [6, 6.07) is 0.957. The molecule has 202 valence electrons. The maximum absolute atomic E-state index is 11.2. The number of thioether (sulfide) groups is 2. The number of hydrogen-bond acceptors (Lipinski definition) is 7. The van der Waals surface area contributed by atoms with Crippen LogP contribution in [0.15, 0.2) is 0 Å². The molecule has 4 aliphatic rings. The lowest BCUT2D eigenvalue weighted by molar-refractivity contribution is -0.141. The van der Waals surface area contributed by atoms with E-state index in [1.807, 2.05) is 23.5 Å². The van der Waals surface area contributed by atoms with Crippen molar-refractivity contribution in [3.63, 3.8) is 0 Å². The van der Waals surface area contributed by atoms with E-state index in [-0.39, 0.29) is 68.5 Å². The summed E-state index contributed by atoms with van der Waals surface area (Å²) in [6.07, 6.45) is 6.29. The number of esters is 1. The first-order valence-corrected chi connectivity index (χ1v) is 13.6. The zero-order valence-electron chi connectivity index (χ0n) is 19.2. The van der Waals surface area contributed by atoms with Gasteiger partial charge < -0.3 is 31.1 Å². The van der Waals surface area contributed by atoms with Gasteiger partial charge in [-0.05, 0) is 25.7 Å². The Hall–Kier alpha value is -1.53. The van der Waals surface area contributed by atoms with Crippen molar-refractivity contribution in [3.8, 4) is 0 Å². The van der Waals surface area contributed by atoms with Crippen molar-refractivity contribution >= 4 is 59.9 Å². The summed E-state index contributed by atoms with van der Waals surface area (Å²) >= 11 is 3.78. The van der Waals surface area contributed by atoms with Gasteiger partial charge >= 0.3 is 24.0 Å². The number of carbonyl (C=O) groups is 4. The van der Waals surface area contributed by atoms with Gasteiger partial charge in [-0.1, -0.05) is 20.3 Å². The second-order valence-corrected chi connectivity index (χ2v) is 11.2. The minimum Gasteiger partial charge on any atom is -0.481 e. The van der Waals surface area contributed by atoms with Crippen LogP contribution in [-0.4, -0.2) is 82.4 Å². The number of methoxy groups -OCH3 is 1. The number of nitrogens with one attached hydrogen (secondary N) is 4. The minimum atomic E-state index is -0.729. The highest BCUT2D eigenvalue weighted by molar-refractivity contribution is 8.00. The lowest BCUT2D eigenvalue weighted by Crippen LogP contribution is -2.36. The molecule has 0 bridgehead atoms. The molecular weight excluding hydrogens is 516 g/mol. The number of carbonyl (C=O) groups excluding carboxylic acids is 3. The van der Waals surface area contributed by atoms with Crippen LogP contribution in [0.2, 0.25) is 0 Å². The number of rotatable bonds is 10. The van der Waals surface area contributed by atoms with E-state index in [9.17, 15) is 19.2 Å². The number of carboxylic acids is 1. The van der Waals surface area contributed by atoms with Crippen LogP contribution >= 0.6 is 35.9 Å². The molecule has 4 saturated heterocycles. The third-order valence-corrected chi connectivity index (χ3v) is 9.37. The van der Waals surface area contributed by atoms with Crippen LogP contribution < -0.4 is 21.3 Å². The van der Waals surface area contributed by atoms with Gasteiger partial charge in [-0.3, -0.25) is 9.59 Å². The van der Waals surface area contributed by atoms with Gasteiger partial charge in [0, 0.05) is 34.8 Å². The van der Waals surface area contributed by atoms with Gasteiger partial charge in [0.1, 0.15) is 0 Å². The fraction of sp³-hybridized carbons (Fsp3) is 0.818. The summed E-state index contributed by atoms with van der Waals surface area (Å²) in [6.45, 7) is 0. The Labute approximate surface area is 222 Å². The molecule has 10 nitrogen and oxygen atoms in total. The first kappa shape index (κ1) is 31.5. The molecule has 0 unspecified atom stereocenters. The molecule has 0 radical (unpaired) electrons. The van der Waals surface area contributed by atoms with Gasteiger partial charge in [0.15, 0.2) is 0 Å². The molecule has 4 fully saturated rings. The average Bonchev–Trinajstić information content (AvgIpc) is 3.51. The predicted molar refractivity (Wildman–Crippen MR) is 142 cm³/mol. The molecule has 0 aromatic carbocycles. The second-order valence-electron chi connectivity index (χ2n) is 8.71. The van der Waals surface area contributed by atoms with Crippen molar-refractivity contribution < 1.29 is 29.0 Å². The van der Waals surface area contributed by atoms with E-state index in [1.54, 1.807) is 0 Å². The van der Waals surface area contributed by atoms with E-state index in [2.05, 4.69) is 26.0 Å². The number of amides is 4. The van der Waals surface area contributed by atoms with Crippen molar-refractivity contribution in [2.75, 3.05) is 18.6 Å². The molecule has 0 aromatic rings. The molecule has 4 rings (SSSR count).